The Balaban J connectivity index is 1.60. The maximum atomic E-state index is 5.47. The predicted molar refractivity (Wildman–Crippen MR) is 90.6 cm³/mol. The summed E-state index contributed by atoms with van der Waals surface area (Å²) in [5.41, 5.74) is 3.91. The van der Waals surface area contributed by atoms with E-state index < -0.39 is 0 Å². The number of hydrogen-bond donors (Lipinski definition) is 1. The Labute approximate surface area is 134 Å². The molecular weight excluding hydrogens is 274 g/mol. The topological polar surface area (TPSA) is 27.7 Å². The maximum absolute atomic E-state index is 5.47. The van der Waals surface area contributed by atoms with Crippen LogP contribution in [0.1, 0.15) is 23.1 Å². The maximum Gasteiger partial charge on any atom is 0.124 e. The molecule has 0 spiro atoms. The Morgan fingerprint density at radius 3 is 2.45 bits per heavy atom. The highest BCUT2D eigenvalue weighted by atomic mass is 16.5. The average Bonchev–Trinajstić information content (AvgIpc) is 2.96. The number of ether oxygens (including phenoxy) is 1. The van der Waals surface area contributed by atoms with Gasteiger partial charge in [-0.3, -0.25) is 9.80 Å². The van der Waals surface area contributed by atoms with Crippen molar-refractivity contribution in [2.45, 2.75) is 32.9 Å². The first-order valence-corrected chi connectivity index (χ1v) is 8.48. The molecule has 2 fully saturated rings. The van der Waals surface area contributed by atoms with Gasteiger partial charge in [0.05, 0.1) is 7.11 Å². The quantitative estimate of drug-likeness (QED) is 0.918. The van der Waals surface area contributed by atoms with E-state index >= 15 is 0 Å². The second-order valence-electron chi connectivity index (χ2n) is 6.73. The zero-order chi connectivity index (χ0) is 15.5. The number of nitrogens with one attached hydrogen (secondary N) is 1. The molecule has 22 heavy (non-hydrogen) atoms. The van der Waals surface area contributed by atoms with E-state index in [1.807, 2.05) is 0 Å². The van der Waals surface area contributed by atoms with Crippen LogP contribution in [0.15, 0.2) is 12.1 Å². The lowest BCUT2D eigenvalue weighted by molar-refractivity contribution is 0.170. The lowest BCUT2D eigenvalue weighted by Crippen LogP contribution is -2.49. The van der Waals surface area contributed by atoms with Crippen molar-refractivity contribution in [3.05, 3.63) is 28.8 Å². The number of piperazine rings is 1. The summed E-state index contributed by atoms with van der Waals surface area (Å²) < 4.78 is 5.47. The number of methoxy groups -OCH3 is 1. The van der Waals surface area contributed by atoms with Gasteiger partial charge in [0.25, 0.3) is 0 Å². The summed E-state index contributed by atoms with van der Waals surface area (Å²) in [5.74, 6) is 1.03. The molecule has 0 saturated carbocycles. The molecule has 0 bridgehead atoms. The van der Waals surface area contributed by atoms with E-state index in [2.05, 4.69) is 41.1 Å². The third-order valence-electron chi connectivity index (χ3n) is 5.05. The van der Waals surface area contributed by atoms with Gasteiger partial charge in [0.1, 0.15) is 5.75 Å². The van der Waals surface area contributed by atoms with Gasteiger partial charge in [0.2, 0.25) is 0 Å². The Hall–Kier alpha value is -1.10. The normalized spacial score (nSPS) is 23.9. The molecule has 1 atom stereocenters. The summed E-state index contributed by atoms with van der Waals surface area (Å²) in [6.07, 6.45) is 1.31. The fraction of sp³-hybridized carbons (Fsp3) is 0.667. The number of likely N-dealkylation sites (tertiary alicyclic amines) is 1. The Bertz CT molecular complexity index is 488. The number of benzene rings is 1. The average molecular weight is 303 g/mol. The standard InChI is InChI=1S/C18H29N3O/c1-14-10-16(11-15(2)18(14)22-3)12-20-7-4-17(13-20)21-8-5-19-6-9-21/h10-11,17,19H,4-9,12-13H2,1-3H3. The van der Waals surface area contributed by atoms with Crippen molar-refractivity contribution >= 4 is 0 Å². The lowest BCUT2D eigenvalue weighted by atomic mass is 10.1. The van der Waals surface area contributed by atoms with Crippen LogP contribution in [0.25, 0.3) is 0 Å². The fourth-order valence-corrected chi connectivity index (χ4v) is 4.01. The lowest BCUT2D eigenvalue weighted by Gasteiger charge is -2.32. The third-order valence-corrected chi connectivity index (χ3v) is 5.05. The number of rotatable bonds is 4. The van der Waals surface area contributed by atoms with Gasteiger partial charge in [0, 0.05) is 51.9 Å². The van der Waals surface area contributed by atoms with E-state index in [1.165, 1.54) is 49.3 Å². The number of aryl methyl sites for hydroxylation is 2. The predicted octanol–water partition coefficient (Wildman–Crippen LogP) is 1.79. The van der Waals surface area contributed by atoms with E-state index in [1.54, 1.807) is 7.11 Å². The highest BCUT2D eigenvalue weighted by Crippen LogP contribution is 2.26. The molecule has 2 heterocycles. The summed E-state index contributed by atoms with van der Waals surface area (Å²) in [6, 6.07) is 5.32. The van der Waals surface area contributed by atoms with Gasteiger partial charge in [-0.15, -0.1) is 0 Å². The van der Waals surface area contributed by atoms with Crippen molar-refractivity contribution in [1.29, 1.82) is 0 Å². The van der Waals surface area contributed by atoms with Gasteiger partial charge >= 0.3 is 0 Å². The second kappa shape index (κ2) is 6.99. The minimum Gasteiger partial charge on any atom is -0.496 e. The van der Waals surface area contributed by atoms with Gasteiger partial charge in [-0.1, -0.05) is 12.1 Å². The molecule has 1 aromatic carbocycles. The minimum absolute atomic E-state index is 0.752. The second-order valence-corrected chi connectivity index (χ2v) is 6.73. The molecule has 1 aromatic rings. The minimum atomic E-state index is 0.752. The molecule has 2 aliphatic heterocycles. The van der Waals surface area contributed by atoms with Crippen LogP contribution in [0.2, 0.25) is 0 Å². The van der Waals surface area contributed by atoms with Crippen LogP contribution < -0.4 is 10.1 Å². The number of nitrogens with zero attached hydrogens (tertiary/aromatic N) is 2. The molecule has 1 unspecified atom stereocenters. The van der Waals surface area contributed by atoms with E-state index in [0.29, 0.717) is 0 Å². The summed E-state index contributed by atoms with van der Waals surface area (Å²) in [5, 5.41) is 3.45. The summed E-state index contributed by atoms with van der Waals surface area (Å²) in [6.45, 7) is 12.5. The monoisotopic (exact) mass is 303 g/mol. The molecule has 122 valence electrons. The van der Waals surface area contributed by atoms with Gasteiger partial charge < -0.3 is 10.1 Å². The highest BCUT2D eigenvalue weighted by Gasteiger charge is 2.28. The van der Waals surface area contributed by atoms with Crippen molar-refractivity contribution in [2.75, 3.05) is 46.4 Å². The van der Waals surface area contributed by atoms with Crippen molar-refractivity contribution < 1.29 is 4.74 Å². The molecule has 0 radical (unpaired) electrons. The van der Waals surface area contributed by atoms with Crippen LogP contribution >= 0.6 is 0 Å². The Morgan fingerprint density at radius 1 is 1.14 bits per heavy atom. The molecule has 0 aliphatic carbocycles. The van der Waals surface area contributed by atoms with Crippen molar-refractivity contribution in [3.8, 4) is 5.75 Å². The summed E-state index contributed by atoms with van der Waals surface area (Å²) in [7, 11) is 1.76. The Kier molecular flexibility index (Phi) is 5.01. The first-order chi connectivity index (χ1) is 10.7. The van der Waals surface area contributed by atoms with Crippen molar-refractivity contribution in [2.24, 2.45) is 0 Å². The molecule has 4 heteroatoms. The van der Waals surface area contributed by atoms with E-state index in [4.69, 9.17) is 4.74 Å². The first-order valence-electron chi connectivity index (χ1n) is 8.48. The van der Waals surface area contributed by atoms with Gasteiger partial charge in [-0.25, -0.2) is 0 Å². The molecule has 2 aliphatic rings. The molecule has 1 N–H and O–H groups in total. The smallest absolute Gasteiger partial charge is 0.124 e. The van der Waals surface area contributed by atoms with Gasteiger partial charge in [-0.05, 0) is 37.0 Å². The van der Waals surface area contributed by atoms with Gasteiger partial charge in [-0.2, -0.15) is 0 Å². The first kappa shape index (κ1) is 15.8. The molecule has 2 saturated heterocycles. The SMILES string of the molecule is COc1c(C)cc(CN2CCC(N3CCNCC3)C2)cc1C. The Morgan fingerprint density at radius 2 is 1.82 bits per heavy atom. The summed E-state index contributed by atoms with van der Waals surface area (Å²) >= 11 is 0. The van der Waals surface area contributed by atoms with Gasteiger partial charge in [0.15, 0.2) is 0 Å². The zero-order valence-corrected chi connectivity index (χ0v) is 14.2. The van der Waals surface area contributed by atoms with E-state index in [-0.39, 0.29) is 0 Å². The molecular formula is C18H29N3O. The molecule has 0 aromatic heterocycles. The third kappa shape index (κ3) is 3.45. The van der Waals surface area contributed by atoms with E-state index in [0.717, 1.165) is 31.4 Å². The van der Waals surface area contributed by atoms with Crippen LogP contribution in [0.5, 0.6) is 5.75 Å². The largest absolute Gasteiger partial charge is 0.496 e. The van der Waals surface area contributed by atoms with Crippen LogP contribution in [-0.4, -0.2) is 62.2 Å². The van der Waals surface area contributed by atoms with Crippen LogP contribution in [0.3, 0.4) is 0 Å². The molecule has 0 amide bonds. The molecule has 3 rings (SSSR count). The van der Waals surface area contributed by atoms with E-state index in [9.17, 15) is 0 Å². The van der Waals surface area contributed by atoms with Crippen LogP contribution in [0, 0.1) is 13.8 Å². The number of hydrogen-bond acceptors (Lipinski definition) is 4. The van der Waals surface area contributed by atoms with Crippen LogP contribution in [-0.2, 0) is 6.54 Å². The van der Waals surface area contributed by atoms with Crippen molar-refractivity contribution in [3.63, 3.8) is 0 Å². The fourth-order valence-electron chi connectivity index (χ4n) is 4.01. The van der Waals surface area contributed by atoms with Crippen LogP contribution in [0.4, 0.5) is 0 Å². The molecule has 4 nitrogen and oxygen atoms in total. The zero-order valence-electron chi connectivity index (χ0n) is 14.2. The van der Waals surface area contributed by atoms with Crippen molar-refractivity contribution in [1.82, 2.24) is 15.1 Å². The highest BCUT2D eigenvalue weighted by molar-refractivity contribution is 5.43. The summed E-state index contributed by atoms with van der Waals surface area (Å²) in [4.78, 5) is 5.27.